The minimum Gasteiger partial charge on any atom is -0.462 e. The van der Waals surface area contributed by atoms with Crippen molar-refractivity contribution in [3.63, 3.8) is 0 Å². The van der Waals surface area contributed by atoms with Gasteiger partial charge >= 0.3 is 5.97 Å². The SMILES string of the molecule is Cn1c2ccccc2c2c(N)c3c(nc21)CCOC3=O. The quantitative estimate of drug-likeness (QED) is 0.633. The molecule has 20 heavy (non-hydrogen) atoms. The van der Waals surface area contributed by atoms with Crippen molar-refractivity contribution in [1.29, 1.82) is 0 Å². The van der Waals surface area contributed by atoms with E-state index in [1.165, 1.54) is 0 Å². The Morgan fingerprint density at radius 1 is 1.35 bits per heavy atom. The van der Waals surface area contributed by atoms with E-state index in [9.17, 15) is 4.79 Å². The van der Waals surface area contributed by atoms with Gasteiger partial charge in [-0.25, -0.2) is 9.78 Å². The van der Waals surface area contributed by atoms with Gasteiger partial charge < -0.3 is 15.0 Å². The van der Waals surface area contributed by atoms with Crippen molar-refractivity contribution >= 4 is 33.6 Å². The van der Waals surface area contributed by atoms with E-state index in [-0.39, 0.29) is 5.97 Å². The number of hydrogen-bond donors (Lipinski definition) is 1. The molecule has 0 saturated heterocycles. The number of aryl methyl sites for hydroxylation is 1. The molecular formula is C15H13N3O2. The molecule has 0 amide bonds. The number of pyridine rings is 1. The molecule has 2 aromatic heterocycles. The molecule has 2 N–H and O–H groups in total. The molecule has 1 aliphatic heterocycles. The van der Waals surface area contributed by atoms with Crippen molar-refractivity contribution in [2.75, 3.05) is 12.3 Å². The van der Waals surface area contributed by atoms with Crippen LogP contribution in [-0.2, 0) is 18.2 Å². The van der Waals surface area contributed by atoms with Crippen LogP contribution in [0.3, 0.4) is 0 Å². The maximum Gasteiger partial charge on any atom is 0.342 e. The molecule has 5 nitrogen and oxygen atoms in total. The zero-order chi connectivity index (χ0) is 13.9. The number of hydrogen-bond acceptors (Lipinski definition) is 4. The predicted molar refractivity (Wildman–Crippen MR) is 76.6 cm³/mol. The monoisotopic (exact) mass is 267 g/mol. The van der Waals surface area contributed by atoms with Crippen LogP contribution in [0.4, 0.5) is 5.69 Å². The lowest BCUT2D eigenvalue weighted by Gasteiger charge is -2.17. The lowest BCUT2D eigenvalue weighted by Crippen LogP contribution is -2.21. The van der Waals surface area contributed by atoms with Crippen molar-refractivity contribution in [2.24, 2.45) is 7.05 Å². The number of nitrogens with two attached hydrogens (primary N) is 1. The van der Waals surface area contributed by atoms with E-state index >= 15 is 0 Å². The second kappa shape index (κ2) is 3.72. The van der Waals surface area contributed by atoms with E-state index in [1.807, 2.05) is 35.9 Å². The van der Waals surface area contributed by atoms with Gasteiger partial charge in [-0.3, -0.25) is 0 Å². The Kier molecular flexibility index (Phi) is 2.10. The molecular weight excluding hydrogens is 254 g/mol. The Hall–Kier alpha value is -2.56. The van der Waals surface area contributed by atoms with Crippen LogP contribution < -0.4 is 5.73 Å². The molecule has 100 valence electrons. The van der Waals surface area contributed by atoms with Gasteiger partial charge in [0.15, 0.2) is 0 Å². The number of carbonyl (C=O) groups is 1. The lowest BCUT2D eigenvalue weighted by molar-refractivity contribution is 0.0479. The molecule has 3 aromatic rings. The fourth-order valence-electron chi connectivity index (χ4n) is 2.96. The van der Waals surface area contributed by atoms with Crippen molar-refractivity contribution in [1.82, 2.24) is 9.55 Å². The summed E-state index contributed by atoms with van der Waals surface area (Å²) in [6, 6.07) is 7.95. The summed E-state index contributed by atoms with van der Waals surface area (Å²) >= 11 is 0. The molecule has 4 rings (SSSR count). The van der Waals surface area contributed by atoms with E-state index in [2.05, 4.69) is 4.98 Å². The Bertz CT molecular complexity index is 880. The van der Waals surface area contributed by atoms with E-state index in [0.717, 1.165) is 27.6 Å². The van der Waals surface area contributed by atoms with Gasteiger partial charge in [0.25, 0.3) is 0 Å². The normalized spacial score (nSPS) is 14.6. The van der Waals surface area contributed by atoms with Gasteiger partial charge in [-0.1, -0.05) is 18.2 Å². The number of esters is 1. The molecule has 0 fully saturated rings. The second-order valence-corrected chi connectivity index (χ2v) is 5.01. The molecule has 0 unspecified atom stereocenters. The van der Waals surface area contributed by atoms with Crippen LogP contribution in [0.1, 0.15) is 16.1 Å². The third kappa shape index (κ3) is 1.27. The summed E-state index contributed by atoms with van der Waals surface area (Å²) in [7, 11) is 1.96. The highest BCUT2D eigenvalue weighted by molar-refractivity contribution is 6.16. The first-order chi connectivity index (χ1) is 9.68. The van der Waals surface area contributed by atoms with Crippen LogP contribution in [0.2, 0.25) is 0 Å². The Labute approximate surface area is 115 Å². The topological polar surface area (TPSA) is 70.1 Å². The van der Waals surface area contributed by atoms with Gasteiger partial charge in [0.1, 0.15) is 11.2 Å². The van der Waals surface area contributed by atoms with Gasteiger partial charge in [0.2, 0.25) is 0 Å². The maximum atomic E-state index is 11.9. The molecule has 3 heterocycles. The van der Waals surface area contributed by atoms with E-state index in [0.29, 0.717) is 24.3 Å². The van der Waals surface area contributed by atoms with Crippen molar-refractivity contribution in [3.05, 3.63) is 35.5 Å². The molecule has 0 bridgehead atoms. The largest absolute Gasteiger partial charge is 0.462 e. The molecule has 1 aromatic carbocycles. The molecule has 5 heteroatoms. The minimum atomic E-state index is -0.369. The minimum absolute atomic E-state index is 0.369. The Morgan fingerprint density at radius 3 is 3.00 bits per heavy atom. The van der Waals surface area contributed by atoms with Crippen LogP contribution in [0, 0.1) is 0 Å². The number of nitrogens with zero attached hydrogens (tertiary/aromatic N) is 2. The highest BCUT2D eigenvalue weighted by atomic mass is 16.5. The average molecular weight is 267 g/mol. The molecule has 0 atom stereocenters. The summed E-state index contributed by atoms with van der Waals surface area (Å²) in [6.07, 6.45) is 0.614. The fraction of sp³-hybridized carbons (Fsp3) is 0.200. The fourth-order valence-corrected chi connectivity index (χ4v) is 2.96. The highest BCUT2D eigenvalue weighted by Crippen LogP contribution is 2.35. The number of nitrogen functional groups attached to an aromatic ring is 1. The van der Waals surface area contributed by atoms with E-state index in [1.54, 1.807) is 0 Å². The molecule has 0 radical (unpaired) electrons. The number of anilines is 1. The first kappa shape index (κ1) is 11.3. The summed E-state index contributed by atoms with van der Waals surface area (Å²) in [5.74, 6) is -0.369. The number of aromatic nitrogens is 2. The third-order valence-corrected chi connectivity index (χ3v) is 3.92. The van der Waals surface area contributed by atoms with E-state index in [4.69, 9.17) is 10.5 Å². The maximum absolute atomic E-state index is 11.9. The standard InChI is InChI=1S/C15H13N3O2/c1-18-10-5-3-2-4-8(10)11-13(16)12-9(17-14(11)18)6-7-20-15(12)19/h2-5H,6-7H2,1H3,(H2,16,17). The van der Waals surface area contributed by atoms with Gasteiger partial charge in [-0.15, -0.1) is 0 Å². The van der Waals surface area contributed by atoms with Gasteiger partial charge in [-0.05, 0) is 6.07 Å². The number of ether oxygens (including phenoxy) is 1. The Balaban J connectivity index is 2.25. The highest BCUT2D eigenvalue weighted by Gasteiger charge is 2.26. The zero-order valence-corrected chi connectivity index (χ0v) is 11.0. The van der Waals surface area contributed by atoms with E-state index < -0.39 is 0 Å². The second-order valence-electron chi connectivity index (χ2n) is 5.01. The number of cyclic esters (lactones) is 1. The smallest absolute Gasteiger partial charge is 0.342 e. The van der Waals surface area contributed by atoms with Crippen molar-refractivity contribution in [2.45, 2.75) is 6.42 Å². The molecule has 0 saturated carbocycles. The summed E-state index contributed by atoms with van der Waals surface area (Å²) in [4.78, 5) is 16.6. The predicted octanol–water partition coefficient (Wildman–Crippen LogP) is 2.02. The number of para-hydroxylation sites is 1. The summed E-state index contributed by atoms with van der Waals surface area (Å²) in [5, 5.41) is 1.84. The number of carbonyl (C=O) groups excluding carboxylic acids is 1. The summed E-state index contributed by atoms with van der Waals surface area (Å²) in [6.45, 7) is 0.369. The third-order valence-electron chi connectivity index (χ3n) is 3.92. The van der Waals surface area contributed by atoms with Crippen molar-refractivity contribution in [3.8, 4) is 0 Å². The zero-order valence-electron chi connectivity index (χ0n) is 11.0. The Morgan fingerprint density at radius 2 is 2.15 bits per heavy atom. The molecule has 0 spiro atoms. The summed E-state index contributed by atoms with van der Waals surface area (Å²) < 4.78 is 7.10. The summed E-state index contributed by atoms with van der Waals surface area (Å²) in [5.41, 5.74) is 9.77. The number of rotatable bonds is 0. The number of fused-ring (bicyclic) bond motifs is 4. The van der Waals surface area contributed by atoms with Crippen LogP contribution >= 0.6 is 0 Å². The molecule has 1 aliphatic rings. The lowest BCUT2D eigenvalue weighted by atomic mass is 10.0. The first-order valence-corrected chi connectivity index (χ1v) is 6.51. The van der Waals surface area contributed by atoms with Gasteiger partial charge in [-0.2, -0.15) is 0 Å². The van der Waals surface area contributed by atoms with Crippen LogP contribution in [0.25, 0.3) is 21.9 Å². The van der Waals surface area contributed by atoms with Crippen LogP contribution in [0.5, 0.6) is 0 Å². The number of benzene rings is 1. The van der Waals surface area contributed by atoms with Crippen LogP contribution in [0.15, 0.2) is 24.3 Å². The first-order valence-electron chi connectivity index (χ1n) is 6.51. The average Bonchev–Trinajstić information content (AvgIpc) is 2.73. The van der Waals surface area contributed by atoms with Crippen LogP contribution in [-0.4, -0.2) is 22.1 Å². The molecule has 0 aliphatic carbocycles. The van der Waals surface area contributed by atoms with Gasteiger partial charge in [0.05, 0.1) is 28.9 Å². The van der Waals surface area contributed by atoms with Gasteiger partial charge in [0, 0.05) is 18.9 Å². The van der Waals surface area contributed by atoms with Crippen molar-refractivity contribution < 1.29 is 9.53 Å².